The highest BCUT2D eigenvalue weighted by molar-refractivity contribution is 5.94. The fraction of sp³-hybridized carbons (Fsp3) is 0.533. The van der Waals surface area contributed by atoms with Gasteiger partial charge in [0.2, 0.25) is 0 Å². The van der Waals surface area contributed by atoms with Gasteiger partial charge < -0.3 is 5.73 Å². The van der Waals surface area contributed by atoms with Crippen LogP contribution in [0.25, 0.3) is 0 Å². The largest absolute Gasteiger partial charge is 0.384 e. The van der Waals surface area contributed by atoms with Gasteiger partial charge in [0.15, 0.2) is 0 Å². The summed E-state index contributed by atoms with van der Waals surface area (Å²) in [7, 11) is 0. The molecule has 0 atom stereocenters. The number of nitrogen functional groups attached to an aromatic ring is 1. The number of nitrogens with two attached hydrogens (primary N) is 1. The molecule has 1 saturated heterocycles. The topological polar surface area (TPSA) is 56.4 Å². The first kappa shape index (κ1) is 12.6. The zero-order chi connectivity index (χ0) is 13.2. The SMILES string of the molecule is N=C(N)c1ccc(CN2CCN(C3CC3)CC2)cc1. The Kier molecular flexibility index (Phi) is 3.53. The maximum Gasteiger partial charge on any atom is 0.122 e. The average molecular weight is 258 g/mol. The quantitative estimate of drug-likeness (QED) is 0.631. The van der Waals surface area contributed by atoms with E-state index in [0.29, 0.717) is 0 Å². The van der Waals surface area contributed by atoms with Crippen LogP contribution in [0.4, 0.5) is 0 Å². The number of amidine groups is 1. The Bertz CT molecular complexity index is 442. The van der Waals surface area contributed by atoms with Crippen molar-refractivity contribution in [1.82, 2.24) is 9.80 Å². The predicted molar refractivity (Wildman–Crippen MR) is 77.3 cm³/mol. The Morgan fingerprint density at radius 1 is 1.11 bits per heavy atom. The lowest BCUT2D eigenvalue weighted by Crippen LogP contribution is -2.46. The predicted octanol–water partition coefficient (Wildman–Crippen LogP) is 1.25. The van der Waals surface area contributed by atoms with Gasteiger partial charge in [0.05, 0.1) is 0 Å². The molecule has 1 aliphatic carbocycles. The van der Waals surface area contributed by atoms with Crippen LogP contribution in [-0.4, -0.2) is 47.9 Å². The van der Waals surface area contributed by atoms with E-state index in [1.54, 1.807) is 0 Å². The van der Waals surface area contributed by atoms with E-state index >= 15 is 0 Å². The molecule has 1 heterocycles. The van der Waals surface area contributed by atoms with Crippen LogP contribution in [0.15, 0.2) is 24.3 Å². The molecule has 3 N–H and O–H groups in total. The number of benzene rings is 1. The van der Waals surface area contributed by atoms with Crippen molar-refractivity contribution in [2.45, 2.75) is 25.4 Å². The van der Waals surface area contributed by atoms with Gasteiger partial charge in [-0.3, -0.25) is 15.2 Å². The molecule has 2 fully saturated rings. The molecule has 0 bridgehead atoms. The summed E-state index contributed by atoms with van der Waals surface area (Å²) in [6, 6.07) is 8.96. The monoisotopic (exact) mass is 258 g/mol. The number of rotatable bonds is 4. The Morgan fingerprint density at radius 2 is 1.74 bits per heavy atom. The molecule has 102 valence electrons. The Morgan fingerprint density at radius 3 is 2.26 bits per heavy atom. The molecule has 19 heavy (non-hydrogen) atoms. The van der Waals surface area contributed by atoms with Gasteiger partial charge in [-0.2, -0.15) is 0 Å². The normalized spacial score (nSPS) is 21.5. The number of piperazine rings is 1. The van der Waals surface area contributed by atoms with Gasteiger partial charge in [-0.15, -0.1) is 0 Å². The molecular formula is C15H22N4. The molecule has 0 aromatic heterocycles. The van der Waals surface area contributed by atoms with E-state index in [-0.39, 0.29) is 5.84 Å². The van der Waals surface area contributed by atoms with E-state index in [2.05, 4.69) is 21.9 Å². The summed E-state index contributed by atoms with van der Waals surface area (Å²) in [5.41, 5.74) is 7.58. The van der Waals surface area contributed by atoms with Crippen molar-refractivity contribution >= 4 is 5.84 Å². The van der Waals surface area contributed by atoms with E-state index in [9.17, 15) is 0 Å². The molecule has 1 aliphatic heterocycles. The second-order valence-electron chi connectivity index (χ2n) is 5.65. The lowest BCUT2D eigenvalue weighted by molar-refractivity contribution is 0.121. The third-order valence-electron chi connectivity index (χ3n) is 4.14. The molecular weight excluding hydrogens is 236 g/mol. The first-order valence-corrected chi connectivity index (χ1v) is 7.12. The lowest BCUT2D eigenvalue weighted by Gasteiger charge is -2.34. The minimum atomic E-state index is 0.143. The molecule has 0 spiro atoms. The Hall–Kier alpha value is -1.39. The van der Waals surface area contributed by atoms with E-state index in [4.69, 9.17) is 11.1 Å². The highest BCUT2D eigenvalue weighted by atomic mass is 15.3. The molecule has 1 aromatic carbocycles. The van der Waals surface area contributed by atoms with Crippen molar-refractivity contribution in [1.29, 1.82) is 5.41 Å². The summed E-state index contributed by atoms with van der Waals surface area (Å²) in [6.45, 7) is 5.79. The van der Waals surface area contributed by atoms with Crippen molar-refractivity contribution in [2.24, 2.45) is 5.73 Å². The summed E-state index contributed by atoms with van der Waals surface area (Å²) in [5, 5.41) is 7.39. The molecule has 0 amide bonds. The van der Waals surface area contributed by atoms with E-state index in [0.717, 1.165) is 18.2 Å². The van der Waals surface area contributed by atoms with Crippen molar-refractivity contribution in [3.63, 3.8) is 0 Å². The summed E-state index contributed by atoms with van der Waals surface area (Å²) < 4.78 is 0. The van der Waals surface area contributed by atoms with Gasteiger partial charge >= 0.3 is 0 Å². The van der Waals surface area contributed by atoms with Crippen LogP contribution < -0.4 is 5.73 Å². The van der Waals surface area contributed by atoms with Crippen LogP contribution in [0.5, 0.6) is 0 Å². The van der Waals surface area contributed by atoms with Gasteiger partial charge in [0, 0.05) is 44.3 Å². The Labute approximate surface area is 114 Å². The summed E-state index contributed by atoms with van der Waals surface area (Å²) in [5.74, 6) is 0.143. The lowest BCUT2D eigenvalue weighted by atomic mass is 10.1. The standard InChI is InChI=1S/C15H22N4/c16-15(17)13-3-1-12(2-4-13)11-18-7-9-19(10-8-18)14-5-6-14/h1-4,14H,5-11H2,(H3,16,17). The zero-order valence-corrected chi connectivity index (χ0v) is 11.3. The van der Waals surface area contributed by atoms with E-state index in [1.165, 1.54) is 44.6 Å². The summed E-state index contributed by atoms with van der Waals surface area (Å²) in [4.78, 5) is 5.15. The Balaban J connectivity index is 1.52. The maximum absolute atomic E-state index is 7.39. The molecule has 3 rings (SSSR count). The molecule has 1 saturated carbocycles. The number of nitrogens with one attached hydrogen (secondary N) is 1. The van der Waals surface area contributed by atoms with Crippen molar-refractivity contribution in [3.8, 4) is 0 Å². The van der Waals surface area contributed by atoms with Crippen molar-refractivity contribution in [2.75, 3.05) is 26.2 Å². The molecule has 4 nitrogen and oxygen atoms in total. The summed E-state index contributed by atoms with van der Waals surface area (Å²) >= 11 is 0. The van der Waals surface area contributed by atoms with Gasteiger partial charge in [0.25, 0.3) is 0 Å². The molecule has 0 unspecified atom stereocenters. The minimum Gasteiger partial charge on any atom is -0.384 e. The van der Waals surface area contributed by atoms with Crippen LogP contribution in [0.1, 0.15) is 24.0 Å². The van der Waals surface area contributed by atoms with E-state index in [1.807, 2.05) is 12.1 Å². The third kappa shape index (κ3) is 3.14. The molecule has 4 heteroatoms. The van der Waals surface area contributed by atoms with Crippen LogP contribution >= 0.6 is 0 Å². The van der Waals surface area contributed by atoms with Gasteiger partial charge in [-0.05, 0) is 18.4 Å². The second-order valence-corrected chi connectivity index (χ2v) is 5.65. The summed E-state index contributed by atoms with van der Waals surface area (Å²) in [6.07, 6.45) is 2.82. The van der Waals surface area contributed by atoms with Gasteiger partial charge in [-0.1, -0.05) is 24.3 Å². The van der Waals surface area contributed by atoms with Gasteiger partial charge in [0.1, 0.15) is 5.84 Å². The average Bonchev–Trinajstić information content (AvgIpc) is 3.25. The highest BCUT2D eigenvalue weighted by Crippen LogP contribution is 2.27. The fourth-order valence-electron chi connectivity index (χ4n) is 2.77. The first-order valence-electron chi connectivity index (χ1n) is 7.12. The highest BCUT2D eigenvalue weighted by Gasteiger charge is 2.30. The zero-order valence-electron chi connectivity index (χ0n) is 11.3. The number of hydrogen-bond donors (Lipinski definition) is 2. The minimum absolute atomic E-state index is 0.143. The third-order valence-corrected chi connectivity index (χ3v) is 4.14. The molecule has 2 aliphatic rings. The van der Waals surface area contributed by atoms with Gasteiger partial charge in [-0.25, -0.2) is 0 Å². The van der Waals surface area contributed by atoms with E-state index < -0.39 is 0 Å². The fourth-order valence-corrected chi connectivity index (χ4v) is 2.77. The van der Waals surface area contributed by atoms with Crippen molar-refractivity contribution in [3.05, 3.63) is 35.4 Å². The van der Waals surface area contributed by atoms with Crippen LogP contribution in [0.3, 0.4) is 0 Å². The number of hydrogen-bond acceptors (Lipinski definition) is 3. The first-order chi connectivity index (χ1) is 9.22. The van der Waals surface area contributed by atoms with Crippen LogP contribution in [-0.2, 0) is 6.54 Å². The molecule has 0 radical (unpaired) electrons. The number of nitrogens with zero attached hydrogens (tertiary/aromatic N) is 2. The smallest absolute Gasteiger partial charge is 0.122 e. The van der Waals surface area contributed by atoms with Crippen LogP contribution in [0, 0.1) is 5.41 Å². The van der Waals surface area contributed by atoms with Crippen molar-refractivity contribution < 1.29 is 0 Å². The van der Waals surface area contributed by atoms with Crippen LogP contribution in [0.2, 0.25) is 0 Å². The second kappa shape index (κ2) is 5.31. The maximum atomic E-state index is 7.39. The molecule has 1 aromatic rings.